The average Bonchev–Trinajstić information content (AvgIpc) is 2.36. The van der Waals surface area contributed by atoms with Gasteiger partial charge >= 0.3 is 0 Å². The molecule has 0 saturated heterocycles. The largest absolute Gasteiger partial charge is 0.289 e. The standard InChI is InChI=1S/C14H14BrNO2/c1-3-4-5-9-11(15)14(18)12-10(13(9)17)7-6-8(2)16-12/h6-7H,3-5H2,1-2H3. The molecule has 0 aromatic carbocycles. The van der Waals surface area contributed by atoms with E-state index in [1.54, 1.807) is 12.1 Å². The highest BCUT2D eigenvalue weighted by Crippen LogP contribution is 2.31. The molecule has 0 fully saturated rings. The van der Waals surface area contributed by atoms with Gasteiger partial charge in [0.25, 0.3) is 0 Å². The Morgan fingerprint density at radius 1 is 1.22 bits per heavy atom. The van der Waals surface area contributed by atoms with Gasteiger partial charge in [0.15, 0.2) is 5.78 Å². The van der Waals surface area contributed by atoms with Crippen molar-refractivity contribution >= 4 is 27.5 Å². The number of pyridine rings is 1. The van der Waals surface area contributed by atoms with E-state index in [4.69, 9.17) is 0 Å². The van der Waals surface area contributed by atoms with Crippen LogP contribution in [0.25, 0.3) is 0 Å². The highest BCUT2D eigenvalue weighted by Gasteiger charge is 2.31. The number of rotatable bonds is 3. The Morgan fingerprint density at radius 3 is 2.61 bits per heavy atom. The number of carbonyl (C=O) groups excluding carboxylic acids is 2. The van der Waals surface area contributed by atoms with Crippen molar-refractivity contribution in [2.24, 2.45) is 0 Å². The summed E-state index contributed by atoms with van der Waals surface area (Å²) in [5.41, 5.74) is 2.03. The Kier molecular flexibility index (Phi) is 3.76. The van der Waals surface area contributed by atoms with Gasteiger partial charge in [-0.2, -0.15) is 0 Å². The molecule has 0 aliphatic heterocycles. The third-order valence-corrected chi connectivity index (χ3v) is 3.85. The van der Waals surface area contributed by atoms with E-state index in [0.29, 0.717) is 22.0 Å². The fraction of sp³-hybridized carbons (Fsp3) is 0.357. The Labute approximate surface area is 114 Å². The van der Waals surface area contributed by atoms with E-state index in [9.17, 15) is 9.59 Å². The van der Waals surface area contributed by atoms with Crippen LogP contribution in [0.3, 0.4) is 0 Å². The van der Waals surface area contributed by atoms with Crippen LogP contribution in [0.2, 0.25) is 0 Å². The molecular formula is C14H14BrNO2. The Hall–Kier alpha value is -1.29. The molecule has 0 bridgehead atoms. The molecule has 1 heterocycles. The lowest BCUT2D eigenvalue weighted by atomic mass is 9.90. The summed E-state index contributed by atoms with van der Waals surface area (Å²) < 4.78 is 0.381. The minimum atomic E-state index is -0.181. The van der Waals surface area contributed by atoms with Crippen LogP contribution < -0.4 is 0 Å². The van der Waals surface area contributed by atoms with Gasteiger partial charge in [-0.15, -0.1) is 0 Å². The number of Topliss-reactive ketones (excluding diaryl/α,β-unsaturated/α-hetero) is 2. The Bertz CT molecular complexity index is 561. The predicted octanol–water partition coefficient (Wildman–Crippen LogP) is 3.61. The van der Waals surface area contributed by atoms with Crippen molar-refractivity contribution in [2.45, 2.75) is 33.1 Å². The lowest BCUT2D eigenvalue weighted by Gasteiger charge is -2.17. The first-order chi connectivity index (χ1) is 8.56. The first-order valence-electron chi connectivity index (χ1n) is 6.02. The van der Waals surface area contributed by atoms with Gasteiger partial charge < -0.3 is 0 Å². The molecule has 1 aliphatic carbocycles. The molecule has 0 amide bonds. The maximum absolute atomic E-state index is 12.3. The zero-order valence-corrected chi connectivity index (χ0v) is 12.0. The van der Waals surface area contributed by atoms with Crippen molar-refractivity contribution in [3.8, 4) is 0 Å². The summed E-state index contributed by atoms with van der Waals surface area (Å²) in [5, 5.41) is 0. The average molecular weight is 308 g/mol. The smallest absolute Gasteiger partial charge is 0.219 e. The fourth-order valence-electron chi connectivity index (χ4n) is 1.99. The third kappa shape index (κ3) is 2.17. The number of hydrogen-bond acceptors (Lipinski definition) is 3. The van der Waals surface area contributed by atoms with E-state index in [0.717, 1.165) is 18.5 Å². The first kappa shape index (κ1) is 13.1. The van der Waals surface area contributed by atoms with Crippen LogP contribution >= 0.6 is 15.9 Å². The third-order valence-electron chi connectivity index (χ3n) is 3.01. The number of ketones is 2. The van der Waals surface area contributed by atoms with Crippen molar-refractivity contribution < 1.29 is 9.59 Å². The monoisotopic (exact) mass is 307 g/mol. The number of halogens is 1. The molecular weight excluding hydrogens is 294 g/mol. The lowest BCUT2D eigenvalue weighted by molar-refractivity contribution is 0.0975. The highest BCUT2D eigenvalue weighted by molar-refractivity contribution is 9.12. The number of nitrogens with zero attached hydrogens (tertiary/aromatic N) is 1. The molecule has 4 heteroatoms. The topological polar surface area (TPSA) is 47.0 Å². The number of allylic oxidation sites excluding steroid dienone is 2. The van der Waals surface area contributed by atoms with Crippen LogP contribution in [0.5, 0.6) is 0 Å². The quantitative estimate of drug-likeness (QED) is 0.857. The number of aryl methyl sites for hydroxylation is 1. The molecule has 0 saturated carbocycles. The molecule has 0 atom stereocenters. The number of hydrogen-bond donors (Lipinski definition) is 0. The van der Waals surface area contributed by atoms with Crippen molar-refractivity contribution in [1.82, 2.24) is 4.98 Å². The van der Waals surface area contributed by atoms with Gasteiger partial charge in [0.05, 0.1) is 10.0 Å². The summed E-state index contributed by atoms with van der Waals surface area (Å²) in [6.07, 6.45) is 2.53. The maximum atomic E-state index is 12.3. The van der Waals surface area contributed by atoms with Gasteiger partial charge in [-0.05, 0) is 47.8 Å². The van der Waals surface area contributed by atoms with Crippen LogP contribution in [0, 0.1) is 6.92 Å². The summed E-state index contributed by atoms with van der Waals surface area (Å²) in [6.45, 7) is 3.87. The molecule has 1 aromatic heterocycles. The van der Waals surface area contributed by atoms with E-state index in [1.165, 1.54) is 0 Å². The Morgan fingerprint density at radius 2 is 1.94 bits per heavy atom. The summed E-state index contributed by atoms with van der Waals surface area (Å²) in [4.78, 5) is 28.7. The van der Waals surface area contributed by atoms with Crippen LogP contribution in [0.4, 0.5) is 0 Å². The van der Waals surface area contributed by atoms with Gasteiger partial charge in [0.1, 0.15) is 5.69 Å². The van der Waals surface area contributed by atoms with Gasteiger partial charge in [-0.25, -0.2) is 4.98 Å². The van der Waals surface area contributed by atoms with Gasteiger partial charge in [-0.3, -0.25) is 9.59 Å². The molecule has 94 valence electrons. The number of unbranched alkanes of at least 4 members (excludes halogenated alkanes) is 1. The molecule has 18 heavy (non-hydrogen) atoms. The normalized spacial score (nSPS) is 15.1. The molecule has 0 spiro atoms. The minimum Gasteiger partial charge on any atom is -0.289 e. The molecule has 1 aromatic rings. The SMILES string of the molecule is CCCCC1=C(Br)C(=O)c2nc(C)ccc2C1=O. The van der Waals surface area contributed by atoms with Crippen LogP contribution in [0.1, 0.15) is 52.7 Å². The Balaban J connectivity index is 2.49. The summed E-state index contributed by atoms with van der Waals surface area (Å²) >= 11 is 3.25. The first-order valence-corrected chi connectivity index (χ1v) is 6.81. The van der Waals surface area contributed by atoms with Crippen LogP contribution in [-0.4, -0.2) is 16.6 Å². The summed E-state index contributed by atoms with van der Waals surface area (Å²) in [6, 6.07) is 3.46. The highest BCUT2D eigenvalue weighted by atomic mass is 79.9. The molecule has 2 rings (SSSR count). The number of carbonyl (C=O) groups is 2. The van der Waals surface area contributed by atoms with E-state index in [-0.39, 0.29) is 17.3 Å². The van der Waals surface area contributed by atoms with Gasteiger partial charge in [0.2, 0.25) is 5.78 Å². The van der Waals surface area contributed by atoms with Gasteiger partial charge in [-0.1, -0.05) is 13.3 Å². The minimum absolute atomic E-state index is 0.0718. The number of fused-ring (bicyclic) bond motifs is 1. The second-order valence-electron chi connectivity index (χ2n) is 4.40. The molecule has 3 nitrogen and oxygen atoms in total. The second-order valence-corrected chi connectivity index (χ2v) is 5.20. The van der Waals surface area contributed by atoms with E-state index in [1.807, 2.05) is 6.92 Å². The number of aromatic nitrogens is 1. The molecule has 0 radical (unpaired) electrons. The zero-order chi connectivity index (χ0) is 13.3. The van der Waals surface area contributed by atoms with E-state index < -0.39 is 0 Å². The molecule has 0 unspecified atom stereocenters. The van der Waals surface area contributed by atoms with E-state index in [2.05, 4.69) is 27.8 Å². The second kappa shape index (κ2) is 5.14. The van der Waals surface area contributed by atoms with Crippen molar-refractivity contribution in [1.29, 1.82) is 0 Å². The maximum Gasteiger partial charge on any atom is 0.219 e. The van der Waals surface area contributed by atoms with Crippen molar-refractivity contribution in [2.75, 3.05) is 0 Å². The van der Waals surface area contributed by atoms with Crippen molar-refractivity contribution in [3.63, 3.8) is 0 Å². The summed E-state index contributed by atoms with van der Waals surface area (Å²) in [7, 11) is 0. The van der Waals surface area contributed by atoms with Crippen molar-refractivity contribution in [3.05, 3.63) is 39.1 Å². The lowest BCUT2D eigenvalue weighted by Crippen LogP contribution is -2.21. The van der Waals surface area contributed by atoms with Crippen LogP contribution in [-0.2, 0) is 0 Å². The predicted molar refractivity (Wildman–Crippen MR) is 73.1 cm³/mol. The van der Waals surface area contributed by atoms with Gasteiger partial charge in [0, 0.05) is 11.3 Å². The summed E-state index contributed by atoms with van der Waals surface area (Å²) in [5.74, 6) is -0.253. The zero-order valence-electron chi connectivity index (χ0n) is 10.4. The fourth-order valence-corrected chi connectivity index (χ4v) is 2.56. The molecule has 0 N–H and O–H groups in total. The van der Waals surface area contributed by atoms with E-state index >= 15 is 0 Å². The molecule has 1 aliphatic rings. The van der Waals surface area contributed by atoms with Crippen LogP contribution in [0.15, 0.2) is 22.2 Å².